The summed E-state index contributed by atoms with van der Waals surface area (Å²) in [5, 5.41) is 11.7. The van der Waals surface area contributed by atoms with Gasteiger partial charge in [-0.3, -0.25) is 4.90 Å². The van der Waals surface area contributed by atoms with Crippen LogP contribution >= 0.6 is 0 Å². The van der Waals surface area contributed by atoms with Gasteiger partial charge in [0.2, 0.25) is 0 Å². The molecule has 3 N–H and O–H groups in total. The molecule has 1 heterocycles. The number of nitrogens with zero attached hydrogens (tertiary/aromatic N) is 2. The number of oxime groups is 1. The normalized spacial score (nSPS) is 27.3. The summed E-state index contributed by atoms with van der Waals surface area (Å²) in [6.07, 6.45) is 5.20. The van der Waals surface area contributed by atoms with Crippen molar-refractivity contribution in [3.05, 3.63) is 0 Å². The van der Waals surface area contributed by atoms with Gasteiger partial charge in [-0.1, -0.05) is 24.9 Å². The van der Waals surface area contributed by atoms with E-state index in [4.69, 9.17) is 10.9 Å². The van der Waals surface area contributed by atoms with Gasteiger partial charge in [-0.05, 0) is 26.3 Å². The second-order valence-electron chi connectivity index (χ2n) is 4.62. The number of nitrogens with two attached hydrogens (primary N) is 1. The summed E-state index contributed by atoms with van der Waals surface area (Å²) < 4.78 is 0. The molecular weight excluding hydrogens is 190 g/mol. The van der Waals surface area contributed by atoms with Crippen LogP contribution in [0.4, 0.5) is 0 Å². The molecule has 0 aromatic carbocycles. The Morgan fingerprint density at radius 3 is 2.93 bits per heavy atom. The highest BCUT2D eigenvalue weighted by Gasteiger charge is 2.20. The molecule has 2 atom stereocenters. The fourth-order valence-corrected chi connectivity index (χ4v) is 2.15. The first-order valence-corrected chi connectivity index (χ1v) is 5.86. The topological polar surface area (TPSA) is 61.8 Å². The lowest BCUT2D eigenvalue weighted by molar-refractivity contribution is 0.199. The van der Waals surface area contributed by atoms with Crippen LogP contribution in [0, 0.1) is 5.92 Å². The van der Waals surface area contributed by atoms with Gasteiger partial charge in [-0.2, -0.15) is 0 Å². The van der Waals surface area contributed by atoms with Crippen LogP contribution in [0.25, 0.3) is 0 Å². The molecule has 15 heavy (non-hydrogen) atoms. The summed E-state index contributed by atoms with van der Waals surface area (Å²) >= 11 is 0. The minimum atomic E-state index is 0.135. The first kappa shape index (κ1) is 12.3. The molecule has 1 saturated heterocycles. The average molecular weight is 213 g/mol. The van der Waals surface area contributed by atoms with Crippen molar-refractivity contribution < 1.29 is 5.21 Å². The highest BCUT2D eigenvalue weighted by molar-refractivity contribution is 5.82. The van der Waals surface area contributed by atoms with Gasteiger partial charge in [0.25, 0.3) is 0 Å². The first-order valence-electron chi connectivity index (χ1n) is 5.86. The Hall–Kier alpha value is -0.770. The molecule has 1 aliphatic rings. The van der Waals surface area contributed by atoms with E-state index < -0.39 is 0 Å². The fraction of sp³-hybridized carbons (Fsp3) is 0.909. The van der Waals surface area contributed by atoms with E-state index in [1.807, 2.05) is 6.92 Å². The lowest BCUT2D eigenvalue weighted by atomic mass is 10.1. The number of amidine groups is 1. The van der Waals surface area contributed by atoms with E-state index in [1.54, 1.807) is 0 Å². The van der Waals surface area contributed by atoms with Gasteiger partial charge in [-0.15, -0.1) is 0 Å². The molecule has 2 unspecified atom stereocenters. The highest BCUT2D eigenvalue weighted by Crippen LogP contribution is 2.17. The minimum absolute atomic E-state index is 0.135. The molecule has 88 valence electrons. The number of rotatable bonds is 3. The molecule has 0 radical (unpaired) electrons. The summed E-state index contributed by atoms with van der Waals surface area (Å²) in [5.41, 5.74) is 5.59. The largest absolute Gasteiger partial charge is 0.409 e. The number of likely N-dealkylation sites (tertiary alicyclic amines) is 1. The van der Waals surface area contributed by atoms with Gasteiger partial charge in [0.1, 0.15) is 5.84 Å². The van der Waals surface area contributed by atoms with Crippen LogP contribution in [0.3, 0.4) is 0 Å². The zero-order valence-corrected chi connectivity index (χ0v) is 9.82. The molecule has 1 rings (SSSR count). The van der Waals surface area contributed by atoms with Crippen LogP contribution in [-0.2, 0) is 0 Å². The summed E-state index contributed by atoms with van der Waals surface area (Å²) in [6, 6.07) is 0.626. The van der Waals surface area contributed by atoms with Gasteiger partial charge < -0.3 is 10.9 Å². The molecule has 0 aromatic heterocycles. The summed E-state index contributed by atoms with van der Waals surface area (Å²) in [4.78, 5) is 2.45. The monoisotopic (exact) mass is 213 g/mol. The summed E-state index contributed by atoms with van der Waals surface area (Å²) in [5.74, 6) is 0.474. The van der Waals surface area contributed by atoms with E-state index in [-0.39, 0.29) is 5.92 Å². The fourth-order valence-electron chi connectivity index (χ4n) is 2.15. The molecule has 0 spiro atoms. The van der Waals surface area contributed by atoms with E-state index in [0.717, 1.165) is 13.1 Å². The molecule has 0 amide bonds. The lowest BCUT2D eigenvalue weighted by Crippen LogP contribution is -2.39. The predicted molar refractivity (Wildman–Crippen MR) is 62.1 cm³/mol. The second-order valence-corrected chi connectivity index (χ2v) is 4.62. The Kier molecular flexibility index (Phi) is 4.88. The molecule has 4 nitrogen and oxygen atoms in total. The predicted octanol–water partition coefficient (Wildman–Crippen LogP) is 1.63. The van der Waals surface area contributed by atoms with Crippen molar-refractivity contribution in [3.8, 4) is 0 Å². The molecule has 0 aromatic rings. The molecule has 0 saturated carbocycles. The maximum absolute atomic E-state index is 8.60. The molecule has 1 fully saturated rings. The third-order valence-corrected chi connectivity index (χ3v) is 3.32. The average Bonchev–Trinajstić information content (AvgIpc) is 2.43. The van der Waals surface area contributed by atoms with Crippen molar-refractivity contribution in [1.82, 2.24) is 4.90 Å². The Labute approximate surface area is 92.1 Å². The van der Waals surface area contributed by atoms with Gasteiger partial charge in [-0.25, -0.2) is 0 Å². The smallest absolute Gasteiger partial charge is 0.143 e. The standard InChI is InChI=1S/C11H23N3O/c1-9(11(12)13-15)8-14-7-5-3-4-6-10(14)2/h9-10,15H,3-8H2,1-2H3,(H2,12,13). The van der Waals surface area contributed by atoms with Crippen LogP contribution in [-0.4, -0.2) is 35.1 Å². The molecule has 0 bridgehead atoms. The van der Waals surface area contributed by atoms with E-state index in [1.165, 1.54) is 25.7 Å². The van der Waals surface area contributed by atoms with Crippen molar-refractivity contribution in [3.63, 3.8) is 0 Å². The zero-order valence-electron chi connectivity index (χ0n) is 9.82. The SMILES string of the molecule is CC(CN1CCCCCC1C)C(N)=NO. The van der Waals surface area contributed by atoms with Gasteiger partial charge >= 0.3 is 0 Å². The zero-order chi connectivity index (χ0) is 11.3. The Morgan fingerprint density at radius 1 is 1.53 bits per heavy atom. The highest BCUT2D eigenvalue weighted by atomic mass is 16.4. The van der Waals surface area contributed by atoms with Crippen LogP contribution < -0.4 is 5.73 Å². The lowest BCUT2D eigenvalue weighted by Gasteiger charge is -2.29. The van der Waals surface area contributed by atoms with E-state index in [0.29, 0.717) is 11.9 Å². The molecule has 1 aliphatic heterocycles. The molecule has 0 aliphatic carbocycles. The maximum atomic E-state index is 8.60. The molecular formula is C11H23N3O. The quantitative estimate of drug-likeness (QED) is 0.324. The van der Waals surface area contributed by atoms with Crippen molar-refractivity contribution in [1.29, 1.82) is 0 Å². The minimum Gasteiger partial charge on any atom is -0.409 e. The maximum Gasteiger partial charge on any atom is 0.143 e. The van der Waals surface area contributed by atoms with Crippen molar-refractivity contribution >= 4 is 5.84 Å². The van der Waals surface area contributed by atoms with Crippen molar-refractivity contribution in [2.75, 3.05) is 13.1 Å². The van der Waals surface area contributed by atoms with E-state index in [2.05, 4.69) is 17.0 Å². The third-order valence-electron chi connectivity index (χ3n) is 3.32. The van der Waals surface area contributed by atoms with Crippen molar-refractivity contribution in [2.45, 2.75) is 45.6 Å². The Bertz CT molecular complexity index is 218. The van der Waals surface area contributed by atoms with Crippen LogP contribution in [0.5, 0.6) is 0 Å². The summed E-state index contributed by atoms with van der Waals surface area (Å²) in [7, 11) is 0. The van der Waals surface area contributed by atoms with Gasteiger partial charge in [0.15, 0.2) is 0 Å². The summed E-state index contributed by atoms with van der Waals surface area (Å²) in [6.45, 7) is 6.32. The van der Waals surface area contributed by atoms with Gasteiger partial charge in [0.05, 0.1) is 0 Å². The molecule has 4 heteroatoms. The van der Waals surface area contributed by atoms with Crippen LogP contribution in [0.15, 0.2) is 5.16 Å². The first-order chi connectivity index (χ1) is 7.15. The van der Waals surface area contributed by atoms with Crippen LogP contribution in [0.1, 0.15) is 39.5 Å². The third kappa shape index (κ3) is 3.70. The van der Waals surface area contributed by atoms with E-state index >= 15 is 0 Å². The number of hydrogen-bond donors (Lipinski definition) is 2. The number of hydrogen-bond acceptors (Lipinski definition) is 3. The van der Waals surface area contributed by atoms with Crippen LogP contribution in [0.2, 0.25) is 0 Å². The second kappa shape index (κ2) is 5.95. The Morgan fingerprint density at radius 2 is 2.27 bits per heavy atom. The Balaban J connectivity index is 2.47. The van der Waals surface area contributed by atoms with Gasteiger partial charge in [0, 0.05) is 18.5 Å². The van der Waals surface area contributed by atoms with Crippen molar-refractivity contribution in [2.24, 2.45) is 16.8 Å². The van der Waals surface area contributed by atoms with E-state index in [9.17, 15) is 0 Å².